The zero-order valence-electron chi connectivity index (χ0n) is 46.9. The van der Waals surface area contributed by atoms with E-state index in [1.54, 1.807) is 0 Å². The van der Waals surface area contributed by atoms with Gasteiger partial charge in [-0.25, -0.2) is 4.79 Å². The first-order chi connectivity index (χ1) is 40.2. The lowest BCUT2D eigenvalue weighted by atomic mass is 10.0. The van der Waals surface area contributed by atoms with Gasteiger partial charge in [-0.3, -0.25) is 76.7 Å². The topological polar surface area (TPSA) is 613 Å². The summed E-state index contributed by atoms with van der Waals surface area (Å²) in [6.45, 7) is 0.152. The number of carbonyl (C=O) groups is 17. The fourth-order valence-electron chi connectivity index (χ4n) is 8.88. The molecule has 11 atom stereocenters. The molecule has 0 aromatic carbocycles. The summed E-state index contributed by atoms with van der Waals surface area (Å²) in [4.78, 5) is 219. The number of amides is 12. The first kappa shape index (κ1) is 73.0. The molecule has 2 heterocycles. The van der Waals surface area contributed by atoms with E-state index in [-0.39, 0.29) is 38.8 Å². The van der Waals surface area contributed by atoms with Crippen molar-refractivity contribution in [2.24, 2.45) is 23.1 Å². The molecule has 37 heteroatoms. The molecule has 86 heavy (non-hydrogen) atoms. The van der Waals surface area contributed by atoms with E-state index in [1.165, 1.54) is 13.8 Å². The van der Waals surface area contributed by atoms with Gasteiger partial charge in [0.1, 0.15) is 60.4 Å². The molecule has 0 saturated carbocycles. The third kappa shape index (κ3) is 23.9. The molecule has 0 radical (unpaired) electrons. The van der Waals surface area contributed by atoms with Gasteiger partial charge in [-0.2, -0.15) is 0 Å². The van der Waals surface area contributed by atoms with Crippen molar-refractivity contribution in [1.29, 1.82) is 0 Å². The number of carboxylic acids is 5. The molecule has 2 fully saturated rings. The van der Waals surface area contributed by atoms with E-state index in [4.69, 9.17) is 22.3 Å². The normalized spacial score (nSPS) is 17.7. The summed E-state index contributed by atoms with van der Waals surface area (Å²) < 4.78 is 0. The number of rotatable bonds is 38. The Kier molecular flexibility index (Phi) is 29.9. The van der Waals surface area contributed by atoms with Gasteiger partial charge in [0.15, 0.2) is 0 Å². The molecule has 0 aromatic rings. The summed E-state index contributed by atoms with van der Waals surface area (Å²) in [5.74, 6) is -22.1. The van der Waals surface area contributed by atoms with E-state index in [9.17, 15) is 112 Å². The van der Waals surface area contributed by atoms with Crippen molar-refractivity contribution in [1.82, 2.24) is 52.3 Å². The predicted octanol–water partition coefficient (Wildman–Crippen LogP) is -8.89. The number of carbonyl (C=O) groups excluding carboxylic acids is 12. The van der Waals surface area contributed by atoms with Crippen molar-refractivity contribution in [3.63, 3.8) is 0 Å². The Morgan fingerprint density at radius 3 is 1.22 bits per heavy atom. The number of hydrogen-bond acceptors (Lipinski definition) is 20. The summed E-state index contributed by atoms with van der Waals surface area (Å²) >= 11 is 0. The number of likely N-dealkylation sites (tertiary alicyclic amines) is 2. The van der Waals surface area contributed by atoms with Gasteiger partial charge in [0.25, 0.3) is 0 Å². The molecule has 0 aromatic heterocycles. The molecule has 12 amide bonds. The number of aliphatic hydroxyl groups excluding tert-OH is 2. The van der Waals surface area contributed by atoms with Crippen LogP contribution in [-0.2, 0) is 81.5 Å². The largest absolute Gasteiger partial charge is 0.481 e. The Balaban J connectivity index is 2.32. The first-order valence-corrected chi connectivity index (χ1v) is 26.9. The fraction of sp³-hybridized carbons (Fsp3) is 0.653. The number of carboxylic acid groups (broad SMARTS) is 5. The van der Waals surface area contributed by atoms with Crippen LogP contribution in [0.25, 0.3) is 0 Å². The minimum atomic E-state index is -2.12. The van der Waals surface area contributed by atoms with E-state index < -0.39 is 251 Å². The van der Waals surface area contributed by atoms with Gasteiger partial charge in [-0.05, 0) is 57.3 Å². The maximum atomic E-state index is 14.2. The summed E-state index contributed by atoms with van der Waals surface area (Å²) in [5.41, 5.74) is 16.3. The van der Waals surface area contributed by atoms with E-state index in [1.807, 2.05) is 10.6 Å². The van der Waals surface area contributed by atoms with E-state index in [0.29, 0.717) is 0 Å². The van der Waals surface area contributed by atoms with Gasteiger partial charge in [0.2, 0.25) is 70.9 Å². The third-order valence-corrected chi connectivity index (χ3v) is 13.4. The number of nitrogens with one attached hydrogen (secondary N) is 8. The lowest BCUT2D eigenvalue weighted by Crippen LogP contribution is -2.61. The quantitative estimate of drug-likeness (QED) is 0.0273. The van der Waals surface area contributed by atoms with Crippen LogP contribution in [0.4, 0.5) is 0 Å². The Morgan fingerprint density at radius 2 is 0.802 bits per heavy atom. The molecule has 21 N–H and O–H groups in total. The van der Waals surface area contributed by atoms with Crippen LogP contribution in [0.2, 0.25) is 0 Å². The Hall–Kier alpha value is -9.13. The number of aliphatic carboxylic acids is 5. The molecule has 2 aliphatic heterocycles. The van der Waals surface area contributed by atoms with Crippen molar-refractivity contribution >= 4 is 101 Å². The molecule has 2 aliphatic rings. The SMILES string of the molecule is CC(C)[C@H](NC(=O)[C@@H]1CCCN1C(=O)[C@H](CCC(=O)O)NC(=O)[C@H](CO)NC(=O)[C@H](CO)NC(=O)[C@H](CC(=O)O)NC(=O)[C@@H]1CCCN1C(=O)[C@H](CC(N)=O)NC(=O)[C@H](CCC(=O)O)NC(=O)[C@H](CCC(N)=O)NC(=O)[C@@H](N)CCC(=O)O)C(=O)O. The highest BCUT2D eigenvalue weighted by Gasteiger charge is 2.43. The van der Waals surface area contributed by atoms with Crippen molar-refractivity contribution in [3.8, 4) is 0 Å². The minimum absolute atomic E-state index is 0.0245. The Bertz CT molecular complexity index is 2570. The first-order valence-electron chi connectivity index (χ1n) is 26.9. The van der Waals surface area contributed by atoms with Crippen molar-refractivity contribution in [3.05, 3.63) is 0 Å². The van der Waals surface area contributed by atoms with Gasteiger partial charge >= 0.3 is 29.8 Å². The number of primary amides is 2. The maximum absolute atomic E-state index is 14.2. The highest BCUT2D eigenvalue weighted by Crippen LogP contribution is 2.22. The van der Waals surface area contributed by atoms with Crippen molar-refractivity contribution in [2.75, 3.05) is 26.3 Å². The van der Waals surface area contributed by atoms with Crippen LogP contribution in [0.1, 0.15) is 104 Å². The smallest absolute Gasteiger partial charge is 0.326 e. The Labute approximate surface area is 488 Å². The van der Waals surface area contributed by atoms with Crippen molar-refractivity contribution < 1.29 is 117 Å². The number of nitrogens with zero attached hydrogens (tertiary/aromatic N) is 2. The average Bonchev–Trinajstić information content (AvgIpc) is 2.35. The van der Waals surface area contributed by atoms with Crippen LogP contribution in [0.15, 0.2) is 0 Å². The van der Waals surface area contributed by atoms with Gasteiger partial charge < -0.3 is 105 Å². The number of hydrogen-bond donors (Lipinski definition) is 18. The van der Waals surface area contributed by atoms with Gasteiger partial charge in [-0.15, -0.1) is 0 Å². The number of nitrogens with two attached hydrogens (primary N) is 3. The Morgan fingerprint density at radius 1 is 0.430 bits per heavy atom. The van der Waals surface area contributed by atoms with Crippen molar-refractivity contribution in [2.45, 2.75) is 170 Å². The highest BCUT2D eigenvalue weighted by atomic mass is 16.4. The summed E-state index contributed by atoms with van der Waals surface area (Å²) in [6.07, 6.45) is -6.94. The molecular weight excluding hydrogens is 1150 g/mol. The van der Waals surface area contributed by atoms with Gasteiger partial charge in [0.05, 0.1) is 32.1 Å². The summed E-state index contributed by atoms with van der Waals surface area (Å²) in [7, 11) is 0. The second kappa shape index (κ2) is 35.2. The molecule has 2 saturated heterocycles. The van der Waals surface area contributed by atoms with Crippen LogP contribution in [0.5, 0.6) is 0 Å². The monoisotopic (exact) mass is 1230 g/mol. The molecule has 0 bridgehead atoms. The second-order valence-corrected chi connectivity index (χ2v) is 20.4. The molecule has 0 unspecified atom stereocenters. The highest BCUT2D eigenvalue weighted by molar-refractivity contribution is 6.01. The molecule has 0 aliphatic carbocycles. The summed E-state index contributed by atoms with van der Waals surface area (Å²) in [6, 6.07) is -19.2. The third-order valence-electron chi connectivity index (χ3n) is 13.4. The van der Waals surface area contributed by atoms with Crippen LogP contribution in [0.3, 0.4) is 0 Å². The van der Waals surface area contributed by atoms with Gasteiger partial charge in [0, 0.05) is 38.8 Å². The van der Waals surface area contributed by atoms with E-state index in [0.717, 1.165) is 9.80 Å². The molecule has 37 nitrogen and oxygen atoms in total. The average molecular weight is 1230 g/mol. The van der Waals surface area contributed by atoms with Crippen LogP contribution in [-0.4, -0.2) is 239 Å². The standard InChI is InChI=1S/C49H75N13O24/c1-21(2)38(49(85)86)60-46(82)31-6-4-15-61(31)47(83)25(10-14-36(71)72)55-43(79)28(19-63)59-44(80)29(20-64)58-42(78)26(18-37(73)74)56-45(81)30-5-3-16-62(30)48(84)27(17-33(52)66)57-41(77)24(9-13-35(69)70)54-40(76)23(8-11-32(51)65)53-39(75)22(50)7-12-34(67)68/h21-31,38,63-64H,3-20,50H2,1-2H3,(H2,51,65)(H2,52,66)(H,53,75)(H,54,76)(H,55,79)(H,56,81)(H,57,77)(H,58,78)(H,59,80)(H,60,82)(H,67,68)(H,69,70)(H,71,72)(H,73,74)(H,85,86)/t22-,23-,24-,25-,26-,27-,28-,29-,30-,31-,38-/m0/s1. The maximum Gasteiger partial charge on any atom is 0.326 e. The second-order valence-electron chi connectivity index (χ2n) is 20.4. The molecule has 0 spiro atoms. The van der Waals surface area contributed by atoms with Crippen LogP contribution in [0, 0.1) is 5.92 Å². The van der Waals surface area contributed by atoms with Gasteiger partial charge in [-0.1, -0.05) is 13.8 Å². The molecular formula is C49H75N13O24. The number of aliphatic hydroxyl groups is 2. The van der Waals surface area contributed by atoms with Crippen LogP contribution < -0.4 is 59.7 Å². The zero-order valence-corrected chi connectivity index (χ0v) is 46.9. The molecule has 2 rings (SSSR count). The van der Waals surface area contributed by atoms with Crippen LogP contribution >= 0.6 is 0 Å². The predicted molar refractivity (Wildman–Crippen MR) is 285 cm³/mol. The molecule has 480 valence electrons. The van der Waals surface area contributed by atoms with E-state index in [2.05, 4.69) is 31.9 Å². The zero-order chi connectivity index (χ0) is 65.3. The minimum Gasteiger partial charge on any atom is -0.481 e. The lowest BCUT2D eigenvalue weighted by Gasteiger charge is -2.31. The lowest BCUT2D eigenvalue weighted by molar-refractivity contribution is -0.146. The fourth-order valence-corrected chi connectivity index (χ4v) is 8.88. The summed E-state index contributed by atoms with van der Waals surface area (Å²) in [5, 5.41) is 84.6. The van der Waals surface area contributed by atoms with E-state index >= 15 is 0 Å².